The maximum absolute atomic E-state index is 12.9. The first kappa shape index (κ1) is 20.0. The van der Waals surface area contributed by atoms with Crippen LogP contribution in [0.2, 0.25) is 0 Å². The van der Waals surface area contributed by atoms with Gasteiger partial charge in [-0.3, -0.25) is 14.5 Å². The largest absolute Gasteiger partial charge is 0.508 e. The van der Waals surface area contributed by atoms with Gasteiger partial charge in [-0.1, -0.05) is 24.0 Å². The Hall–Kier alpha value is -3.76. The van der Waals surface area contributed by atoms with E-state index in [0.29, 0.717) is 21.8 Å². The Balaban J connectivity index is 1.81. The summed E-state index contributed by atoms with van der Waals surface area (Å²) in [6.45, 7) is 0. The topological polar surface area (TPSA) is 88.5 Å². The maximum atomic E-state index is 12.9. The monoisotopic (exact) mass is 406 g/mol. The molecule has 1 heterocycles. The lowest BCUT2D eigenvalue weighted by Crippen LogP contribution is -2.30. The standard InChI is InChI=1S/C22H18N2O4S/c1-28-20-7-4-8-21(13-20)29(2,27)24-22(26)18-11-17(14-23-15-18)10-9-16-5-3-6-19(25)12-16/h3-8,11-15,25H,2H2,1H3,(H,24,26,27). The summed E-state index contributed by atoms with van der Waals surface area (Å²) in [6.07, 6.45) is 2.87. The first-order valence-corrected chi connectivity index (χ1v) is 10.2. The van der Waals surface area contributed by atoms with E-state index < -0.39 is 15.6 Å². The fourth-order valence-electron chi connectivity index (χ4n) is 2.43. The Kier molecular flexibility index (Phi) is 5.86. The zero-order chi connectivity index (χ0) is 20.9. The van der Waals surface area contributed by atoms with Crippen molar-refractivity contribution in [1.29, 1.82) is 0 Å². The zero-order valence-corrected chi connectivity index (χ0v) is 16.4. The van der Waals surface area contributed by atoms with Crippen LogP contribution in [0.25, 0.3) is 0 Å². The van der Waals surface area contributed by atoms with Crippen molar-refractivity contribution >= 4 is 21.5 Å². The highest BCUT2D eigenvalue weighted by molar-refractivity contribution is 7.99. The Morgan fingerprint density at radius 3 is 2.62 bits per heavy atom. The number of carbonyl (C=O) groups excluding carboxylic acids is 1. The van der Waals surface area contributed by atoms with Gasteiger partial charge in [0.2, 0.25) is 0 Å². The Bertz CT molecular complexity index is 1220. The number of rotatable bonds is 4. The SMILES string of the molecule is C=S(=O)(NC(=O)c1cncc(C#Cc2cccc(O)c2)c1)c1cccc(OC)c1. The van der Waals surface area contributed by atoms with Crippen molar-refractivity contribution in [1.82, 2.24) is 9.71 Å². The summed E-state index contributed by atoms with van der Waals surface area (Å²) in [5, 5.41) is 9.49. The van der Waals surface area contributed by atoms with Gasteiger partial charge < -0.3 is 9.84 Å². The van der Waals surface area contributed by atoms with Gasteiger partial charge >= 0.3 is 0 Å². The second-order valence-corrected chi connectivity index (χ2v) is 8.07. The number of ether oxygens (including phenoxy) is 1. The number of hydrogen-bond donors (Lipinski definition) is 2. The molecule has 1 unspecified atom stereocenters. The molecule has 3 rings (SSSR count). The molecule has 0 radical (unpaired) electrons. The van der Waals surface area contributed by atoms with E-state index in [2.05, 4.69) is 27.4 Å². The molecule has 1 atom stereocenters. The fourth-order valence-corrected chi connectivity index (χ4v) is 3.57. The van der Waals surface area contributed by atoms with E-state index in [-0.39, 0.29) is 11.3 Å². The maximum Gasteiger partial charge on any atom is 0.264 e. The molecule has 0 fully saturated rings. The Morgan fingerprint density at radius 1 is 1.10 bits per heavy atom. The minimum absolute atomic E-state index is 0.116. The van der Waals surface area contributed by atoms with Crippen molar-refractivity contribution in [3.63, 3.8) is 0 Å². The molecule has 0 saturated carbocycles. The van der Waals surface area contributed by atoms with Crippen LogP contribution in [0.1, 0.15) is 21.5 Å². The number of benzene rings is 2. The van der Waals surface area contributed by atoms with Crippen LogP contribution in [0, 0.1) is 11.8 Å². The smallest absolute Gasteiger partial charge is 0.264 e. The minimum atomic E-state index is -3.08. The molecule has 0 aliphatic carbocycles. The van der Waals surface area contributed by atoms with Gasteiger partial charge in [0.15, 0.2) is 0 Å². The van der Waals surface area contributed by atoms with Crippen molar-refractivity contribution in [3.05, 3.63) is 83.7 Å². The van der Waals surface area contributed by atoms with Crippen LogP contribution in [0.5, 0.6) is 11.5 Å². The molecule has 2 N–H and O–H groups in total. The van der Waals surface area contributed by atoms with Gasteiger partial charge in [0.05, 0.1) is 27.3 Å². The number of pyridine rings is 1. The molecule has 3 aromatic rings. The van der Waals surface area contributed by atoms with Gasteiger partial charge in [0.1, 0.15) is 11.5 Å². The fraction of sp³-hybridized carbons (Fsp3) is 0.0455. The third kappa shape index (κ3) is 5.15. The quantitative estimate of drug-likeness (QED) is 0.514. The van der Waals surface area contributed by atoms with Gasteiger partial charge in [-0.25, -0.2) is 4.21 Å². The highest BCUT2D eigenvalue weighted by Gasteiger charge is 2.15. The van der Waals surface area contributed by atoms with E-state index in [1.54, 1.807) is 48.5 Å². The van der Waals surface area contributed by atoms with Crippen molar-refractivity contribution < 1.29 is 18.8 Å². The minimum Gasteiger partial charge on any atom is -0.508 e. The summed E-state index contributed by atoms with van der Waals surface area (Å²) < 4.78 is 20.5. The third-order valence-corrected chi connectivity index (χ3v) is 5.41. The molecular weight excluding hydrogens is 388 g/mol. The molecule has 7 heteroatoms. The van der Waals surface area contributed by atoms with E-state index >= 15 is 0 Å². The van der Waals surface area contributed by atoms with E-state index in [1.165, 1.54) is 25.6 Å². The zero-order valence-electron chi connectivity index (χ0n) is 15.6. The number of nitrogens with one attached hydrogen (secondary N) is 1. The summed E-state index contributed by atoms with van der Waals surface area (Å²) in [7, 11) is -1.59. The Labute approximate surface area is 169 Å². The summed E-state index contributed by atoms with van der Waals surface area (Å²) in [4.78, 5) is 16.9. The molecule has 6 nitrogen and oxygen atoms in total. The average Bonchev–Trinajstić information content (AvgIpc) is 2.72. The summed E-state index contributed by atoms with van der Waals surface area (Å²) >= 11 is 0. The number of hydrogen-bond acceptors (Lipinski definition) is 5. The van der Waals surface area contributed by atoms with Crippen LogP contribution < -0.4 is 9.46 Å². The molecular formula is C22H18N2O4S. The summed E-state index contributed by atoms with van der Waals surface area (Å²) in [5.41, 5.74) is 1.32. The molecule has 1 amide bonds. The van der Waals surface area contributed by atoms with Gasteiger partial charge in [-0.15, -0.1) is 0 Å². The van der Waals surface area contributed by atoms with E-state index in [0.717, 1.165) is 0 Å². The lowest BCUT2D eigenvalue weighted by Gasteiger charge is -2.12. The number of carbonyl (C=O) groups is 1. The first-order valence-electron chi connectivity index (χ1n) is 8.47. The van der Waals surface area contributed by atoms with E-state index in [1.807, 2.05) is 0 Å². The molecule has 1 aromatic heterocycles. The number of nitrogens with zero attached hydrogens (tertiary/aromatic N) is 1. The average molecular weight is 406 g/mol. The molecule has 0 saturated heterocycles. The van der Waals surface area contributed by atoms with Crippen LogP contribution in [0.4, 0.5) is 0 Å². The van der Waals surface area contributed by atoms with E-state index in [4.69, 9.17) is 4.74 Å². The summed E-state index contributed by atoms with van der Waals surface area (Å²) in [5.74, 6) is 9.48. The lowest BCUT2D eigenvalue weighted by atomic mass is 10.1. The lowest BCUT2D eigenvalue weighted by molar-refractivity contribution is 0.0982. The molecule has 0 bridgehead atoms. The summed E-state index contributed by atoms with van der Waals surface area (Å²) in [6, 6.07) is 14.6. The van der Waals surface area contributed by atoms with Crippen LogP contribution in [-0.2, 0) is 9.71 Å². The Morgan fingerprint density at radius 2 is 1.86 bits per heavy atom. The number of phenolic OH excluding ortho intramolecular Hbond substituents is 1. The number of aromatic nitrogens is 1. The van der Waals surface area contributed by atoms with Crippen molar-refractivity contribution in [2.45, 2.75) is 4.90 Å². The van der Waals surface area contributed by atoms with Gasteiger partial charge in [0.25, 0.3) is 5.91 Å². The van der Waals surface area contributed by atoms with Crippen LogP contribution in [-0.4, -0.2) is 33.2 Å². The number of amides is 1. The highest BCUT2D eigenvalue weighted by atomic mass is 32.2. The third-order valence-electron chi connectivity index (χ3n) is 3.88. The first-order chi connectivity index (χ1) is 13.9. The molecule has 29 heavy (non-hydrogen) atoms. The molecule has 0 aliphatic rings. The van der Waals surface area contributed by atoms with Crippen molar-refractivity contribution in [3.8, 4) is 23.3 Å². The second-order valence-electron chi connectivity index (χ2n) is 6.05. The number of phenols is 1. The van der Waals surface area contributed by atoms with Crippen LogP contribution in [0.3, 0.4) is 0 Å². The van der Waals surface area contributed by atoms with Crippen LogP contribution in [0.15, 0.2) is 71.9 Å². The van der Waals surface area contributed by atoms with Crippen LogP contribution >= 0.6 is 0 Å². The number of methoxy groups -OCH3 is 1. The molecule has 2 aromatic carbocycles. The number of aromatic hydroxyl groups is 1. The second kappa shape index (κ2) is 8.50. The predicted octanol–water partition coefficient (Wildman–Crippen LogP) is 2.62. The van der Waals surface area contributed by atoms with Gasteiger partial charge in [-0.05, 0) is 48.3 Å². The normalized spacial score (nSPS) is 12.2. The van der Waals surface area contributed by atoms with Gasteiger partial charge in [0, 0.05) is 23.5 Å². The molecule has 0 aliphatic heterocycles. The van der Waals surface area contributed by atoms with Gasteiger partial charge in [-0.2, -0.15) is 0 Å². The molecule has 146 valence electrons. The van der Waals surface area contributed by atoms with E-state index in [9.17, 15) is 14.1 Å². The van der Waals surface area contributed by atoms with Crippen molar-refractivity contribution in [2.24, 2.45) is 0 Å². The highest BCUT2D eigenvalue weighted by Crippen LogP contribution is 2.17. The molecule has 0 spiro atoms. The predicted molar refractivity (Wildman–Crippen MR) is 112 cm³/mol. The van der Waals surface area contributed by atoms with Crippen molar-refractivity contribution in [2.75, 3.05) is 7.11 Å².